The van der Waals surface area contributed by atoms with E-state index in [1.165, 1.54) is 23.4 Å². The van der Waals surface area contributed by atoms with Crippen molar-refractivity contribution in [1.82, 2.24) is 9.29 Å². The fourth-order valence-corrected chi connectivity index (χ4v) is 4.85. The summed E-state index contributed by atoms with van der Waals surface area (Å²) < 4.78 is 65.7. The van der Waals surface area contributed by atoms with E-state index in [0.717, 1.165) is 31.4 Å². The number of benzene rings is 1. The zero-order chi connectivity index (χ0) is 21.2. The largest absolute Gasteiger partial charge is 0.433 e. The number of piperidine rings is 1. The SMILES string of the molecule is Cc1nc(C(F)(F)F)ccc1C(=O)Nc1ccccc1S(=O)(=O)N1CCCCC1. The molecule has 6 nitrogen and oxygen atoms in total. The number of carbonyl (C=O) groups excluding carboxylic acids is 1. The normalized spacial score (nSPS) is 15.9. The minimum Gasteiger partial charge on any atom is -0.321 e. The molecule has 2 aromatic rings. The highest BCUT2D eigenvalue weighted by atomic mass is 32.2. The lowest BCUT2D eigenvalue weighted by Gasteiger charge is -2.26. The average molecular weight is 427 g/mol. The van der Waals surface area contributed by atoms with Crippen LogP contribution in [0.5, 0.6) is 0 Å². The third-order valence-electron chi connectivity index (χ3n) is 4.69. The van der Waals surface area contributed by atoms with Crippen molar-refractivity contribution < 1.29 is 26.4 Å². The van der Waals surface area contributed by atoms with Gasteiger partial charge in [-0.3, -0.25) is 4.79 Å². The third kappa shape index (κ3) is 4.59. The Morgan fingerprint density at radius 2 is 1.72 bits per heavy atom. The molecule has 1 saturated heterocycles. The maximum Gasteiger partial charge on any atom is 0.433 e. The summed E-state index contributed by atoms with van der Waals surface area (Å²) in [6, 6.07) is 7.72. The molecule has 1 aromatic heterocycles. The predicted molar refractivity (Wildman–Crippen MR) is 101 cm³/mol. The van der Waals surface area contributed by atoms with Gasteiger partial charge in [0, 0.05) is 13.1 Å². The molecule has 1 fully saturated rings. The van der Waals surface area contributed by atoms with Crippen molar-refractivity contribution in [2.45, 2.75) is 37.3 Å². The molecule has 0 saturated carbocycles. The Morgan fingerprint density at radius 1 is 1.07 bits per heavy atom. The van der Waals surface area contributed by atoms with E-state index in [9.17, 15) is 26.4 Å². The minimum absolute atomic E-state index is 0.0484. The second kappa shape index (κ2) is 8.11. The number of aryl methyl sites for hydroxylation is 1. The summed E-state index contributed by atoms with van der Waals surface area (Å²) in [5.74, 6) is -0.731. The number of aromatic nitrogens is 1. The fraction of sp³-hybridized carbons (Fsp3) is 0.368. The smallest absolute Gasteiger partial charge is 0.321 e. The van der Waals surface area contributed by atoms with Gasteiger partial charge in [0.1, 0.15) is 10.6 Å². The molecule has 156 valence electrons. The van der Waals surface area contributed by atoms with E-state index >= 15 is 0 Å². The van der Waals surface area contributed by atoms with Gasteiger partial charge in [-0.15, -0.1) is 0 Å². The molecule has 10 heteroatoms. The van der Waals surface area contributed by atoms with E-state index in [2.05, 4.69) is 10.3 Å². The summed E-state index contributed by atoms with van der Waals surface area (Å²) in [5.41, 5.74) is -1.20. The summed E-state index contributed by atoms with van der Waals surface area (Å²) in [6.45, 7) is 2.11. The number of hydrogen-bond donors (Lipinski definition) is 1. The van der Waals surface area contributed by atoms with Gasteiger partial charge in [-0.2, -0.15) is 17.5 Å². The van der Waals surface area contributed by atoms with E-state index in [-0.39, 0.29) is 21.8 Å². The van der Waals surface area contributed by atoms with Gasteiger partial charge in [-0.25, -0.2) is 13.4 Å². The number of nitrogens with zero attached hydrogens (tertiary/aromatic N) is 2. The summed E-state index contributed by atoms with van der Waals surface area (Å²) >= 11 is 0. The number of sulfonamides is 1. The van der Waals surface area contributed by atoms with Crippen molar-refractivity contribution >= 4 is 21.6 Å². The molecule has 1 aliphatic rings. The van der Waals surface area contributed by atoms with Crippen LogP contribution >= 0.6 is 0 Å². The van der Waals surface area contributed by atoms with Crippen molar-refractivity contribution in [3.05, 3.63) is 53.3 Å². The minimum atomic E-state index is -4.62. The lowest BCUT2D eigenvalue weighted by atomic mass is 10.1. The van der Waals surface area contributed by atoms with Crippen LogP contribution in [0.1, 0.15) is 41.0 Å². The average Bonchev–Trinajstić information content (AvgIpc) is 2.68. The van der Waals surface area contributed by atoms with E-state index in [1.54, 1.807) is 12.1 Å². The number of hydrogen-bond acceptors (Lipinski definition) is 4. The first kappa shape index (κ1) is 21.3. The van der Waals surface area contributed by atoms with Gasteiger partial charge in [0.05, 0.1) is 16.9 Å². The van der Waals surface area contributed by atoms with Crippen LogP contribution in [0.15, 0.2) is 41.3 Å². The molecule has 0 bridgehead atoms. The van der Waals surface area contributed by atoms with Crippen molar-refractivity contribution in [2.75, 3.05) is 18.4 Å². The number of anilines is 1. The second-order valence-corrected chi connectivity index (χ2v) is 8.65. The maximum atomic E-state index is 13.0. The molecule has 0 radical (unpaired) electrons. The molecule has 29 heavy (non-hydrogen) atoms. The molecule has 0 atom stereocenters. The van der Waals surface area contributed by atoms with Gasteiger partial charge in [0.25, 0.3) is 5.91 Å². The summed E-state index contributed by atoms with van der Waals surface area (Å²) in [7, 11) is -3.80. The van der Waals surface area contributed by atoms with Crippen LogP contribution in [0.25, 0.3) is 0 Å². The summed E-state index contributed by atoms with van der Waals surface area (Å²) in [4.78, 5) is 16.0. The standard InChI is InChI=1S/C19H20F3N3O3S/c1-13-14(9-10-17(23-13)19(20,21)22)18(26)24-15-7-3-4-8-16(15)29(27,28)25-11-5-2-6-12-25/h3-4,7-10H,2,5-6,11-12H2,1H3,(H,24,26). The van der Waals surface area contributed by atoms with Crippen LogP contribution in [0.3, 0.4) is 0 Å². The lowest BCUT2D eigenvalue weighted by molar-refractivity contribution is -0.141. The molecule has 0 spiro atoms. The topological polar surface area (TPSA) is 79.4 Å². The van der Waals surface area contributed by atoms with Gasteiger partial charge in [-0.1, -0.05) is 18.6 Å². The van der Waals surface area contributed by atoms with Gasteiger partial charge in [0.15, 0.2) is 0 Å². The first-order valence-electron chi connectivity index (χ1n) is 9.06. The molecule has 1 aliphatic heterocycles. The van der Waals surface area contributed by atoms with E-state index in [4.69, 9.17) is 0 Å². The Bertz CT molecular complexity index is 1020. The van der Waals surface area contributed by atoms with Crippen molar-refractivity contribution in [3.63, 3.8) is 0 Å². The zero-order valence-corrected chi connectivity index (χ0v) is 16.5. The summed E-state index contributed by atoms with van der Waals surface area (Å²) in [6.07, 6.45) is -2.12. The van der Waals surface area contributed by atoms with Gasteiger partial charge < -0.3 is 5.32 Å². The van der Waals surface area contributed by atoms with Crippen molar-refractivity contribution in [3.8, 4) is 0 Å². The Balaban J connectivity index is 1.89. The molecular weight excluding hydrogens is 407 g/mol. The van der Waals surface area contributed by atoms with Crippen LogP contribution in [-0.4, -0.2) is 36.7 Å². The van der Waals surface area contributed by atoms with Crippen molar-refractivity contribution in [1.29, 1.82) is 0 Å². The van der Waals surface area contributed by atoms with Crippen molar-refractivity contribution in [2.24, 2.45) is 0 Å². The Labute approximate surface area is 166 Å². The van der Waals surface area contributed by atoms with Crippen LogP contribution in [-0.2, 0) is 16.2 Å². The third-order valence-corrected chi connectivity index (χ3v) is 6.65. The van der Waals surface area contributed by atoms with Crippen LogP contribution in [0.2, 0.25) is 0 Å². The predicted octanol–water partition coefficient (Wildman–Crippen LogP) is 3.84. The molecule has 0 unspecified atom stereocenters. The van der Waals surface area contributed by atoms with Crippen LogP contribution in [0.4, 0.5) is 18.9 Å². The zero-order valence-electron chi connectivity index (χ0n) is 15.7. The highest BCUT2D eigenvalue weighted by molar-refractivity contribution is 7.89. The number of nitrogens with one attached hydrogen (secondary N) is 1. The summed E-state index contributed by atoms with van der Waals surface area (Å²) in [5, 5.41) is 2.51. The highest BCUT2D eigenvalue weighted by Crippen LogP contribution is 2.29. The van der Waals surface area contributed by atoms with Gasteiger partial charge in [0.2, 0.25) is 10.0 Å². The molecule has 2 heterocycles. The van der Waals surface area contributed by atoms with Gasteiger partial charge >= 0.3 is 6.18 Å². The second-order valence-electron chi connectivity index (χ2n) is 6.74. The van der Waals surface area contributed by atoms with E-state index in [0.29, 0.717) is 13.1 Å². The van der Waals surface area contributed by atoms with E-state index in [1.807, 2.05) is 0 Å². The number of para-hydroxylation sites is 1. The fourth-order valence-electron chi connectivity index (χ4n) is 3.19. The highest BCUT2D eigenvalue weighted by Gasteiger charge is 2.33. The maximum absolute atomic E-state index is 13.0. The Hall–Kier alpha value is -2.46. The molecule has 1 amide bonds. The molecular formula is C19H20F3N3O3S. The monoisotopic (exact) mass is 427 g/mol. The number of pyridine rings is 1. The van der Waals surface area contributed by atoms with Gasteiger partial charge in [-0.05, 0) is 44.0 Å². The van der Waals surface area contributed by atoms with Crippen LogP contribution in [0, 0.1) is 6.92 Å². The quantitative estimate of drug-likeness (QED) is 0.804. The van der Waals surface area contributed by atoms with Crippen LogP contribution < -0.4 is 5.32 Å². The Kier molecular flexibility index (Phi) is 5.95. The lowest BCUT2D eigenvalue weighted by Crippen LogP contribution is -2.36. The Morgan fingerprint density at radius 3 is 2.34 bits per heavy atom. The van der Waals surface area contributed by atoms with E-state index < -0.39 is 27.8 Å². The number of amides is 1. The molecule has 1 N–H and O–H groups in total. The number of alkyl halides is 3. The first-order valence-corrected chi connectivity index (χ1v) is 10.5. The molecule has 1 aromatic carbocycles. The molecule has 3 rings (SSSR count). The number of carbonyl (C=O) groups is 1. The molecule has 0 aliphatic carbocycles. The number of rotatable bonds is 4. The number of halogens is 3. The first-order chi connectivity index (χ1) is 13.6.